The summed E-state index contributed by atoms with van der Waals surface area (Å²) in [5.74, 6) is -1.42. The van der Waals surface area contributed by atoms with Crippen molar-refractivity contribution in [1.82, 2.24) is 9.91 Å². The van der Waals surface area contributed by atoms with E-state index in [-0.39, 0.29) is 11.7 Å². The van der Waals surface area contributed by atoms with E-state index in [0.717, 1.165) is 23.0 Å². The number of carboxylic acids is 1. The lowest BCUT2D eigenvalue weighted by atomic mass is 10.0. The fourth-order valence-electron chi connectivity index (χ4n) is 3.40. The van der Waals surface area contributed by atoms with Gasteiger partial charge in [0.1, 0.15) is 17.8 Å². The Kier molecular flexibility index (Phi) is 4.43. The Morgan fingerprint density at radius 3 is 2.57 bits per heavy atom. The molecule has 0 aromatic heterocycles. The zero-order chi connectivity index (χ0) is 19.8. The quantitative estimate of drug-likeness (QED) is 0.872. The van der Waals surface area contributed by atoms with Crippen molar-refractivity contribution >= 4 is 11.8 Å². The van der Waals surface area contributed by atoms with Crippen molar-refractivity contribution in [3.05, 3.63) is 94.7 Å². The SMILES string of the molecule is CN1N=C2C=CC(Cc3ccc(F)cc3F)=CN2C1c1ccc(C(=O)O)cc1. The van der Waals surface area contributed by atoms with Crippen molar-refractivity contribution in [2.24, 2.45) is 5.10 Å². The first-order valence-corrected chi connectivity index (χ1v) is 8.68. The van der Waals surface area contributed by atoms with Gasteiger partial charge in [0.25, 0.3) is 0 Å². The third-order valence-corrected chi connectivity index (χ3v) is 4.76. The van der Waals surface area contributed by atoms with Gasteiger partial charge in [-0.1, -0.05) is 24.3 Å². The van der Waals surface area contributed by atoms with Crippen LogP contribution in [0.3, 0.4) is 0 Å². The Bertz CT molecular complexity index is 1030. The molecule has 0 radical (unpaired) electrons. The van der Waals surface area contributed by atoms with Crippen LogP contribution >= 0.6 is 0 Å². The molecule has 2 aromatic carbocycles. The van der Waals surface area contributed by atoms with Crippen molar-refractivity contribution in [3.63, 3.8) is 0 Å². The Morgan fingerprint density at radius 1 is 1.14 bits per heavy atom. The van der Waals surface area contributed by atoms with E-state index in [0.29, 0.717) is 12.0 Å². The summed E-state index contributed by atoms with van der Waals surface area (Å²) in [6, 6.07) is 10.2. The lowest BCUT2D eigenvalue weighted by molar-refractivity contribution is 0.0696. The smallest absolute Gasteiger partial charge is 0.335 e. The summed E-state index contributed by atoms with van der Waals surface area (Å²) in [7, 11) is 1.84. The number of rotatable bonds is 4. The first-order chi connectivity index (χ1) is 13.4. The van der Waals surface area contributed by atoms with E-state index < -0.39 is 17.6 Å². The molecule has 5 nitrogen and oxygen atoms in total. The van der Waals surface area contributed by atoms with Crippen molar-refractivity contribution in [1.29, 1.82) is 0 Å². The predicted octanol–water partition coefficient (Wildman–Crippen LogP) is 3.92. The van der Waals surface area contributed by atoms with Crippen LogP contribution in [0.5, 0.6) is 0 Å². The summed E-state index contributed by atoms with van der Waals surface area (Å²) in [6.07, 6.45) is 5.68. The predicted molar refractivity (Wildman–Crippen MR) is 100 cm³/mol. The van der Waals surface area contributed by atoms with Crippen molar-refractivity contribution in [3.8, 4) is 0 Å². The van der Waals surface area contributed by atoms with E-state index in [1.807, 2.05) is 30.3 Å². The van der Waals surface area contributed by atoms with Crippen molar-refractivity contribution < 1.29 is 18.7 Å². The number of aromatic carboxylic acids is 1. The molecule has 142 valence electrons. The highest BCUT2D eigenvalue weighted by atomic mass is 19.1. The number of halogens is 2. The number of fused-ring (bicyclic) bond motifs is 1. The Hall–Kier alpha value is -3.48. The molecule has 2 aliphatic rings. The van der Waals surface area contributed by atoms with Crippen LogP contribution in [0.2, 0.25) is 0 Å². The second kappa shape index (κ2) is 6.92. The molecule has 4 rings (SSSR count). The average Bonchev–Trinajstić information content (AvgIpc) is 2.99. The average molecular weight is 381 g/mol. The molecule has 2 heterocycles. The van der Waals surface area contributed by atoms with Crippen LogP contribution in [0, 0.1) is 11.6 Å². The summed E-state index contributed by atoms with van der Waals surface area (Å²) >= 11 is 0. The Balaban J connectivity index is 1.61. The lowest BCUT2D eigenvalue weighted by Crippen LogP contribution is -2.30. The highest BCUT2D eigenvalue weighted by Gasteiger charge is 2.32. The number of allylic oxidation sites excluding steroid dienone is 2. The monoisotopic (exact) mass is 381 g/mol. The lowest BCUT2D eigenvalue weighted by Gasteiger charge is -2.29. The fraction of sp³-hybridized carbons (Fsp3) is 0.143. The number of amidine groups is 1. The number of hydrazone groups is 1. The normalized spacial score (nSPS) is 18.0. The standard InChI is InChI=1S/C21H17F2N3O2/c1-25-20(14-3-5-15(6-4-14)21(27)28)26-12-13(2-9-19(26)24-25)10-16-7-8-17(22)11-18(16)23/h2-9,11-12,20H,10H2,1H3,(H,27,28). The molecule has 1 atom stereocenters. The molecule has 28 heavy (non-hydrogen) atoms. The summed E-state index contributed by atoms with van der Waals surface area (Å²) in [5.41, 5.74) is 2.36. The molecule has 0 saturated carbocycles. The van der Waals surface area contributed by atoms with Gasteiger partial charge in [0.05, 0.1) is 5.56 Å². The number of benzene rings is 2. The summed E-state index contributed by atoms with van der Waals surface area (Å²) in [5, 5.41) is 15.4. The minimum atomic E-state index is -0.979. The van der Waals surface area contributed by atoms with Crippen molar-refractivity contribution in [2.45, 2.75) is 12.6 Å². The maximum absolute atomic E-state index is 14.0. The van der Waals surface area contributed by atoms with Gasteiger partial charge in [0, 0.05) is 25.7 Å². The van der Waals surface area contributed by atoms with Crippen LogP contribution in [0.4, 0.5) is 8.78 Å². The van der Waals surface area contributed by atoms with Gasteiger partial charge in [-0.25, -0.2) is 13.6 Å². The second-order valence-corrected chi connectivity index (χ2v) is 6.69. The molecule has 0 amide bonds. The van der Waals surface area contributed by atoms with E-state index in [1.54, 1.807) is 29.3 Å². The van der Waals surface area contributed by atoms with Crippen LogP contribution in [0.15, 0.2) is 71.5 Å². The van der Waals surface area contributed by atoms with Gasteiger partial charge in [0.15, 0.2) is 5.84 Å². The van der Waals surface area contributed by atoms with E-state index in [1.165, 1.54) is 12.1 Å². The minimum Gasteiger partial charge on any atom is -0.478 e. The van der Waals surface area contributed by atoms with Gasteiger partial charge < -0.3 is 10.0 Å². The zero-order valence-corrected chi connectivity index (χ0v) is 15.0. The van der Waals surface area contributed by atoms with Gasteiger partial charge in [-0.15, -0.1) is 0 Å². The third-order valence-electron chi connectivity index (χ3n) is 4.76. The molecule has 2 aliphatic heterocycles. The first-order valence-electron chi connectivity index (χ1n) is 8.68. The Morgan fingerprint density at radius 2 is 1.89 bits per heavy atom. The van der Waals surface area contributed by atoms with Gasteiger partial charge in [0.2, 0.25) is 0 Å². The maximum Gasteiger partial charge on any atom is 0.335 e. The Labute approximate surface area is 160 Å². The van der Waals surface area contributed by atoms with Crippen LogP contribution in [-0.4, -0.2) is 33.9 Å². The number of hydrogen-bond acceptors (Lipinski definition) is 4. The second-order valence-electron chi connectivity index (χ2n) is 6.69. The molecule has 2 aromatic rings. The molecule has 0 fully saturated rings. The van der Waals surface area contributed by atoms with Crippen LogP contribution in [-0.2, 0) is 6.42 Å². The molecular formula is C21H17F2N3O2. The fourth-order valence-corrected chi connectivity index (χ4v) is 3.40. The van der Waals surface area contributed by atoms with Gasteiger partial charge in [-0.3, -0.25) is 5.01 Å². The molecule has 0 aliphatic carbocycles. The number of hydrogen-bond donors (Lipinski definition) is 1. The number of carbonyl (C=O) groups is 1. The van der Waals surface area contributed by atoms with Gasteiger partial charge in [-0.05, 0) is 41.0 Å². The van der Waals surface area contributed by atoms with Crippen LogP contribution in [0.1, 0.15) is 27.7 Å². The van der Waals surface area contributed by atoms with Gasteiger partial charge in [-0.2, -0.15) is 5.10 Å². The zero-order valence-electron chi connectivity index (χ0n) is 15.0. The van der Waals surface area contributed by atoms with E-state index in [4.69, 9.17) is 5.11 Å². The van der Waals surface area contributed by atoms with E-state index >= 15 is 0 Å². The van der Waals surface area contributed by atoms with Crippen LogP contribution < -0.4 is 0 Å². The molecule has 1 unspecified atom stereocenters. The minimum absolute atomic E-state index is 0.215. The first kappa shape index (κ1) is 17.9. The van der Waals surface area contributed by atoms with E-state index in [2.05, 4.69) is 5.10 Å². The topological polar surface area (TPSA) is 56.1 Å². The number of carboxylic acid groups (broad SMARTS) is 1. The molecule has 7 heteroatoms. The largest absolute Gasteiger partial charge is 0.478 e. The maximum atomic E-state index is 14.0. The molecule has 0 saturated heterocycles. The van der Waals surface area contributed by atoms with E-state index in [9.17, 15) is 13.6 Å². The molecule has 0 bridgehead atoms. The molecule has 0 spiro atoms. The summed E-state index contributed by atoms with van der Waals surface area (Å²) < 4.78 is 27.1. The number of nitrogens with zero attached hydrogens (tertiary/aromatic N) is 3. The van der Waals surface area contributed by atoms with Gasteiger partial charge >= 0.3 is 5.97 Å². The summed E-state index contributed by atoms with van der Waals surface area (Å²) in [4.78, 5) is 13.0. The summed E-state index contributed by atoms with van der Waals surface area (Å²) in [6.45, 7) is 0. The van der Waals surface area contributed by atoms with Crippen LogP contribution in [0.25, 0.3) is 0 Å². The highest BCUT2D eigenvalue weighted by Crippen LogP contribution is 2.33. The molecule has 1 N–H and O–H groups in total. The highest BCUT2D eigenvalue weighted by molar-refractivity contribution is 5.96. The molecular weight excluding hydrogens is 364 g/mol. The van der Waals surface area contributed by atoms with Crippen molar-refractivity contribution in [2.75, 3.05) is 7.05 Å². The third kappa shape index (κ3) is 3.26.